The van der Waals surface area contributed by atoms with Gasteiger partial charge < -0.3 is 9.84 Å². The highest BCUT2D eigenvalue weighted by molar-refractivity contribution is 5.40. The predicted octanol–water partition coefficient (Wildman–Crippen LogP) is 2.35. The molecule has 98 valence electrons. The standard InChI is InChI=1S/C15H21NO2/c1-18-10-11-6-7-16(9-11)15-5-2-12-8-13(17)3-4-14(12)15/h3-4,8,11,15,17H,2,5-7,9-10H2,1H3. The van der Waals surface area contributed by atoms with Gasteiger partial charge in [-0.2, -0.15) is 0 Å². The molecule has 1 aliphatic heterocycles. The molecular weight excluding hydrogens is 226 g/mol. The largest absolute Gasteiger partial charge is 0.508 e. The summed E-state index contributed by atoms with van der Waals surface area (Å²) in [4.78, 5) is 2.59. The van der Waals surface area contributed by atoms with E-state index in [2.05, 4.69) is 11.0 Å². The molecule has 0 spiro atoms. The van der Waals surface area contributed by atoms with Crippen molar-refractivity contribution in [2.24, 2.45) is 5.92 Å². The van der Waals surface area contributed by atoms with Crippen LogP contribution in [0.3, 0.4) is 0 Å². The number of nitrogens with zero attached hydrogens (tertiary/aromatic N) is 1. The van der Waals surface area contributed by atoms with Gasteiger partial charge >= 0.3 is 0 Å². The van der Waals surface area contributed by atoms with Gasteiger partial charge in [0, 0.05) is 19.7 Å². The van der Waals surface area contributed by atoms with E-state index < -0.39 is 0 Å². The molecule has 0 saturated carbocycles. The highest BCUT2D eigenvalue weighted by Crippen LogP contribution is 2.39. The zero-order chi connectivity index (χ0) is 12.5. The summed E-state index contributed by atoms with van der Waals surface area (Å²) in [5, 5.41) is 9.53. The summed E-state index contributed by atoms with van der Waals surface area (Å²) in [6, 6.07) is 6.41. The lowest BCUT2D eigenvalue weighted by atomic mass is 10.1. The van der Waals surface area contributed by atoms with Crippen LogP contribution in [-0.2, 0) is 11.2 Å². The van der Waals surface area contributed by atoms with E-state index in [0.29, 0.717) is 17.7 Å². The monoisotopic (exact) mass is 247 g/mol. The topological polar surface area (TPSA) is 32.7 Å². The van der Waals surface area contributed by atoms with Crippen molar-refractivity contribution in [1.29, 1.82) is 0 Å². The van der Waals surface area contributed by atoms with E-state index in [0.717, 1.165) is 19.6 Å². The molecule has 2 atom stereocenters. The second-order valence-corrected chi connectivity index (χ2v) is 5.54. The van der Waals surface area contributed by atoms with Gasteiger partial charge in [-0.05, 0) is 55.0 Å². The van der Waals surface area contributed by atoms with Crippen LogP contribution in [0.1, 0.15) is 30.0 Å². The van der Waals surface area contributed by atoms with Crippen molar-refractivity contribution >= 4 is 0 Å². The number of phenols is 1. The second kappa shape index (κ2) is 4.90. The summed E-state index contributed by atoms with van der Waals surface area (Å²) < 4.78 is 5.26. The molecule has 1 saturated heterocycles. The quantitative estimate of drug-likeness (QED) is 0.890. The summed E-state index contributed by atoms with van der Waals surface area (Å²) in [6.45, 7) is 3.21. The minimum atomic E-state index is 0.396. The van der Waals surface area contributed by atoms with Crippen LogP contribution in [-0.4, -0.2) is 36.8 Å². The van der Waals surface area contributed by atoms with E-state index in [4.69, 9.17) is 4.74 Å². The molecule has 1 heterocycles. The lowest BCUT2D eigenvalue weighted by Crippen LogP contribution is -2.25. The molecule has 3 rings (SSSR count). The summed E-state index contributed by atoms with van der Waals surface area (Å²) in [7, 11) is 1.79. The zero-order valence-electron chi connectivity index (χ0n) is 10.9. The number of ether oxygens (including phenoxy) is 1. The van der Waals surface area contributed by atoms with Crippen LogP contribution in [0.5, 0.6) is 5.75 Å². The molecule has 0 radical (unpaired) electrons. The molecule has 0 amide bonds. The SMILES string of the molecule is COCC1CCN(C2CCc3cc(O)ccc32)C1. The Morgan fingerprint density at radius 2 is 2.28 bits per heavy atom. The van der Waals surface area contributed by atoms with Crippen LogP contribution >= 0.6 is 0 Å². The molecule has 1 N–H and O–H groups in total. The van der Waals surface area contributed by atoms with E-state index >= 15 is 0 Å². The summed E-state index contributed by atoms with van der Waals surface area (Å²) in [5.74, 6) is 1.09. The fourth-order valence-corrected chi connectivity index (χ4v) is 3.48. The summed E-state index contributed by atoms with van der Waals surface area (Å²) >= 11 is 0. The minimum absolute atomic E-state index is 0.396. The first-order valence-corrected chi connectivity index (χ1v) is 6.82. The summed E-state index contributed by atoms with van der Waals surface area (Å²) in [6.07, 6.45) is 3.54. The first kappa shape index (κ1) is 12.0. The maximum Gasteiger partial charge on any atom is 0.115 e. The number of methoxy groups -OCH3 is 1. The average Bonchev–Trinajstić information content (AvgIpc) is 2.95. The smallest absolute Gasteiger partial charge is 0.115 e. The van der Waals surface area contributed by atoms with Crippen LogP contribution in [0.25, 0.3) is 0 Å². The third kappa shape index (κ3) is 2.13. The van der Waals surface area contributed by atoms with Crippen molar-refractivity contribution < 1.29 is 9.84 Å². The van der Waals surface area contributed by atoms with Crippen LogP contribution in [0.4, 0.5) is 0 Å². The molecule has 2 unspecified atom stereocenters. The number of rotatable bonds is 3. The van der Waals surface area contributed by atoms with Gasteiger partial charge in [0.2, 0.25) is 0 Å². The predicted molar refractivity (Wildman–Crippen MR) is 70.7 cm³/mol. The lowest BCUT2D eigenvalue weighted by Gasteiger charge is -2.24. The van der Waals surface area contributed by atoms with E-state index in [1.54, 1.807) is 7.11 Å². The van der Waals surface area contributed by atoms with E-state index in [1.165, 1.54) is 30.5 Å². The Kier molecular flexibility index (Phi) is 3.27. The number of benzene rings is 1. The number of fused-ring (bicyclic) bond motifs is 1. The van der Waals surface area contributed by atoms with Crippen LogP contribution in [0, 0.1) is 5.92 Å². The van der Waals surface area contributed by atoms with E-state index in [9.17, 15) is 5.11 Å². The molecule has 0 bridgehead atoms. The van der Waals surface area contributed by atoms with Crippen LogP contribution in [0.15, 0.2) is 18.2 Å². The van der Waals surface area contributed by atoms with Gasteiger partial charge in [-0.3, -0.25) is 4.90 Å². The number of hydrogen-bond donors (Lipinski definition) is 1. The number of phenolic OH excluding ortho intramolecular Hbond substituents is 1. The van der Waals surface area contributed by atoms with Crippen molar-refractivity contribution in [2.45, 2.75) is 25.3 Å². The molecule has 18 heavy (non-hydrogen) atoms. The van der Waals surface area contributed by atoms with E-state index in [-0.39, 0.29) is 0 Å². The Morgan fingerprint density at radius 3 is 3.11 bits per heavy atom. The molecule has 1 fully saturated rings. The maximum absolute atomic E-state index is 9.53. The molecule has 2 aliphatic rings. The fraction of sp³-hybridized carbons (Fsp3) is 0.600. The molecule has 1 aromatic rings. The Bertz CT molecular complexity index is 433. The molecule has 1 aliphatic carbocycles. The third-order valence-electron chi connectivity index (χ3n) is 4.33. The van der Waals surface area contributed by atoms with Crippen molar-refractivity contribution in [2.75, 3.05) is 26.8 Å². The minimum Gasteiger partial charge on any atom is -0.508 e. The zero-order valence-corrected chi connectivity index (χ0v) is 10.9. The number of hydrogen-bond acceptors (Lipinski definition) is 3. The highest BCUT2D eigenvalue weighted by atomic mass is 16.5. The van der Waals surface area contributed by atoms with Gasteiger partial charge in [0.15, 0.2) is 0 Å². The first-order valence-electron chi connectivity index (χ1n) is 6.82. The van der Waals surface area contributed by atoms with Crippen molar-refractivity contribution in [3.05, 3.63) is 29.3 Å². The van der Waals surface area contributed by atoms with Crippen molar-refractivity contribution in [3.8, 4) is 5.75 Å². The Hall–Kier alpha value is -1.06. The highest BCUT2D eigenvalue weighted by Gasteiger charge is 2.32. The number of likely N-dealkylation sites (tertiary alicyclic amines) is 1. The maximum atomic E-state index is 9.53. The number of aryl methyl sites for hydroxylation is 1. The third-order valence-corrected chi connectivity index (χ3v) is 4.33. The van der Waals surface area contributed by atoms with Crippen molar-refractivity contribution in [3.63, 3.8) is 0 Å². The second-order valence-electron chi connectivity index (χ2n) is 5.54. The van der Waals surface area contributed by atoms with Crippen molar-refractivity contribution in [1.82, 2.24) is 4.90 Å². The van der Waals surface area contributed by atoms with E-state index in [1.807, 2.05) is 12.1 Å². The Labute approximate surface area is 108 Å². The van der Waals surface area contributed by atoms with Crippen LogP contribution in [0.2, 0.25) is 0 Å². The van der Waals surface area contributed by atoms with Gasteiger partial charge in [0.05, 0.1) is 6.61 Å². The van der Waals surface area contributed by atoms with Gasteiger partial charge in [-0.25, -0.2) is 0 Å². The fourth-order valence-electron chi connectivity index (χ4n) is 3.48. The van der Waals surface area contributed by atoms with Gasteiger partial charge in [0.1, 0.15) is 5.75 Å². The molecule has 0 aromatic heterocycles. The lowest BCUT2D eigenvalue weighted by molar-refractivity contribution is 0.147. The molecular formula is C15H21NO2. The first-order chi connectivity index (χ1) is 8.78. The Morgan fingerprint density at radius 1 is 1.39 bits per heavy atom. The molecule has 1 aromatic carbocycles. The van der Waals surface area contributed by atoms with Gasteiger partial charge in [-0.1, -0.05) is 6.07 Å². The summed E-state index contributed by atoms with van der Waals surface area (Å²) in [5.41, 5.74) is 2.75. The normalized spacial score (nSPS) is 27.6. The average molecular weight is 247 g/mol. The Balaban J connectivity index is 1.73. The molecule has 3 heteroatoms. The van der Waals surface area contributed by atoms with Gasteiger partial charge in [0.25, 0.3) is 0 Å². The molecule has 3 nitrogen and oxygen atoms in total. The van der Waals surface area contributed by atoms with Crippen LogP contribution < -0.4 is 0 Å². The van der Waals surface area contributed by atoms with Gasteiger partial charge in [-0.15, -0.1) is 0 Å². The number of aromatic hydroxyl groups is 1.